The Morgan fingerprint density at radius 1 is 0.833 bits per heavy atom. The standard InChI is InChI=1S/C28H32O14/c1-11-21(32)26(42-27-24(35)23(34)22(33)19(10-29)41-27)25(36)28(38-11)39-13-5-3-12(4-6-13)17-9-16(31)20-15(30)7-14(37-2)8-18(20)40-17/h3-9,11,19,21-30,32-36H,10H2,1-2H3/t11-,19+,21-,22+,23-,24+,25+,26+,27-,28-/m0/s1. The van der Waals surface area contributed by atoms with Crippen LogP contribution in [0, 0.1) is 0 Å². The molecule has 0 amide bonds. The molecule has 2 aromatic carbocycles. The number of hydrogen-bond acceptors (Lipinski definition) is 14. The summed E-state index contributed by atoms with van der Waals surface area (Å²) in [5, 5.41) is 71.6. The quantitative estimate of drug-likeness (QED) is 0.179. The molecule has 0 saturated carbocycles. The van der Waals surface area contributed by atoms with Crippen molar-refractivity contribution in [3.8, 4) is 28.6 Å². The maximum atomic E-state index is 12.7. The SMILES string of the molecule is COc1cc(O)c2c(=O)cc(-c3ccc(O[C@@H]4O[C@@H](C)[C@H](O)[C@@H](O[C@@H]5O[C@H](CO)[C@@H](O)[C@H](O)[C@H]5O)[C@H]4O)cc3)oc2c1. The van der Waals surface area contributed by atoms with E-state index in [4.69, 9.17) is 28.1 Å². The first kappa shape index (κ1) is 30.2. The van der Waals surface area contributed by atoms with Gasteiger partial charge < -0.3 is 63.8 Å². The zero-order valence-electron chi connectivity index (χ0n) is 22.5. The van der Waals surface area contributed by atoms with Gasteiger partial charge in [0.1, 0.15) is 76.7 Å². The van der Waals surface area contributed by atoms with Gasteiger partial charge in [-0.2, -0.15) is 0 Å². The van der Waals surface area contributed by atoms with Crippen LogP contribution in [0.2, 0.25) is 0 Å². The molecule has 0 bridgehead atoms. The van der Waals surface area contributed by atoms with E-state index in [1.54, 1.807) is 12.1 Å². The maximum Gasteiger partial charge on any atom is 0.229 e. The van der Waals surface area contributed by atoms with Crippen molar-refractivity contribution in [1.82, 2.24) is 0 Å². The number of aliphatic hydroxyl groups is 6. The predicted octanol–water partition coefficient (Wildman–Crippen LogP) is -0.795. The van der Waals surface area contributed by atoms with Crippen LogP contribution in [0.25, 0.3) is 22.3 Å². The normalized spacial score (nSPS) is 33.4. The van der Waals surface area contributed by atoms with Crippen molar-refractivity contribution < 1.29 is 63.8 Å². The molecule has 10 atom stereocenters. The number of rotatable bonds is 7. The predicted molar refractivity (Wildman–Crippen MR) is 142 cm³/mol. The summed E-state index contributed by atoms with van der Waals surface area (Å²) < 4.78 is 33.4. The van der Waals surface area contributed by atoms with Crippen LogP contribution in [0.3, 0.4) is 0 Å². The van der Waals surface area contributed by atoms with Gasteiger partial charge in [0, 0.05) is 23.8 Å². The number of aliphatic hydroxyl groups excluding tert-OH is 6. The number of phenols is 1. The fourth-order valence-electron chi connectivity index (χ4n) is 4.93. The minimum atomic E-state index is -1.74. The van der Waals surface area contributed by atoms with E-state index in [0.29, 0.717) is 11.3 Å². The van der Waals surface area contributed by atoms with E-state index in [1.807, 2.05) is 0 Å². The van der Waals surface area contributed by atoms with Gasteiger partial charge in [0.2, 0.25) is 6.29 Å². The number of fused-ring (bicyclic) bond motifs is 1. The molecule has 0 aliphatic carbocycles. The zero-order valence-corrected chi connectivity index (χ0v) is 22.5. The Bertz CT molecular complexity index is 1440. The van der Waals surface area contributed by atoms with E-state index >= 15 is 0 Å². The summed E-state index contributed by atoms with van der Waals surface area (Å²) in [5.74, 6) is 0.488. The molecule has 3 heterocycles. The fourth-order valence-corrected chi connectivity index (χ4v) is 4.93. The highest BCUT2D eigenvalue weighted by Crippen LogP contribution is 2.33. The molecule has 42 heavy (non-hydrogen) atoms. The molecule has 14 nitrogen and oxygen atoms in total. The third kappa shape index (κ3) is 5.68. The molecular weight excluding hydrogens is 560 g/mol. The number of phenolic OH excluding ortho intramolecular Hbond substituents is 1. The maximum absolute atomic E-state index is 12.7. The highest BCUT2D eigenvalue weighted by molar-refractivity contribution is 5.86. The van der Waals surface area contributed by atoms with Gasteiger partial charge in [-0.25, -0.2) is 0 Å². The lowest BCUT2D eigenvalue weighted by atomic mass is 9.97. The monoisotopic (exact) mass is 592 g/mol. The summed E-state index contributed by atoms with van der Waals surface area (Å²) in [6.45, 7) is 0.829. The first-order chi connectivity index (χ1) is 20.0. The van der Waals surface area contributed by atoms with Crippen molar-refractivity contribution in [2.45, 2.75) is 68.3 Å². The van der Waals surface area contributed by atoms with Gasteiger partial charge in [0.25, 0.3) is 0 Å². The molecule has 7 N–H and O–H groups in total. The fraction of sp³-hybridized carbons (Fsp3) is 0.464. The molecular formula is C28H32O14. The zero-order chi connectivity index (χ0) is 30.3. The molecule has 1 aromatic heterocycles. The molecule has 0 spiro atoms. The van der Waals surface area contributed by atoms with Crippen LogP contribution in [0.4, 0.5) is 0 Å². The molecule has 14 heteroatoms. The Morgan fingerprint density at radius 3 is 2.21 bits per heavy atom. The van der Waals surface area contributed by atoms with Crippen molar-refractivity contribution in [1.29, 1.82) is 0 Å². The smallest absolute Gasteiger partial charge is 0.229 e. The van der Waals surface area contributed by atoms with Gasteiger partial charge >= 0.3 is 0 Å². The summed E-state index contributed by atoms with van der Waals surface area (Å²) >= 11 is 0. The number of methoxy groups -OCH3 is 1. The van der Waals surface area contributed by atoms with E-state index in [9.17, 15) is 40.5 Å². The molecule has 2 saturated heterocycles. The highest BCUT2D eigenvalue weighted by Gasteiger charge is 2.50. The second-order valence-corrected chi connectivity index (χ2v) is 10.1. The van der Waals surface area contributed by atoms with Crippen LogP contribution in [0.15, 0.2) is 51.7 Å². The summed E-state index contributed by atoms with van der Waals surface area (Å²) in [7, 11) is 1.42. The molecule has 2 aliphatic heterocycles. The van der Waals surface area contributed by atoms with Crippen molar-refractivity contribution in [2.24, 2.45) is 0 Å². The summed E-state index contributed by atoms with van der Waals surface area (Å²) in [6, 6.07) is 10.3. The van der Waals surface area contributed by atoms with Crippen LogP contribution in [0.1, 0.15) is 6.92 Å². The summed E-state index contributed by atoms with van der Waals surface area (Å²) in [5.41, 5.74) is 0.177. The van der Waals surface area contributed by atoms with Crippen molar-refractivity contribution in [3.05, 3.63) is 52.7 Å². The molecule has 3 aromatic rings. The molecule has 0 radical (unpaired) electrons. The highest BCUT2D eigenvalue weighted by atomic mass is 16.7. The van der Waals surface area contributed by atoms with E-state index in [-0.39, 0.29) is 28.2 Å². The minimum absolute atomic E-state index is 0.0136. The first-order valence-corrected chi connectivity index (χ1v) is 13.1. The van der Waals surface area contributed by atoms with E-state index in [0.717, 1.165) is 0 Å². The second kappa shape index (κ2) is 12.1. The Hall–Kier alpha value is -3.31. The number of benzene rings is 2. The molecule has 0 unspecified atom stereocenters. The number of aromatic hydroxyl groups is 1. The van der Waals surface area contributed by atoms with Gasteiger partial charge in [0.05, 0.1) is 19.8 Å². The van der Waals surface area contributed by atoms with E-state index in [2.05, 4.69) is 0 Å². The third-order valence-corrected chi connectivity index (χ3v) is 7.33. The van der Waals surface area contributed by atoms with Crippen LogP contribution in [-0.2, 0) is 14.2 Å². The van der Waals surface area contributed by atoms with Crippen LogP contribution >= 0.6 is 0 Å². The minimum Gasteiger partial charge on any atom is -0.507 e. The largest absolute Gasteiger partial charge is 0.507 e. The average Bonchev–Trinajstić information content (AvgIpc) is 2.97. The Labute approximate surface area is 238 Å². The lowest BCUT2D eigenvalue weighted by Gasteiger charge is -2.45. The Balaban J connectivity index is 1.32. The molecule has 5 rings (SSSR count). The average molecular weight is 593 g/mol. The number of hydrogen-bond donors (Lipinski definition) is 7. The second-order valence-electron chi connectivity index (χ2n) is 10.1. The summed E-state index contributed by atoms with van der Waals surface area (Å²) in [6.07, 6.45) is -14.6. The first-order valence-electron chi connectivity index (χ1n) is 13.1. The summed E-state index contributed by atoms with van der Waals surface area (Å²) in [4.78, 5) is 12.7. The van der Waals surface area contributed by atoms with Gasteiger partial charge in [0.15, 0.2) is 11.7 Å². The van der Waals surface area contributed by atoms with Crippen molar-refractivity contribution in [3.63, 3.8) is 0 Å². The lowest BCUT2D eigenvalue weighted by Crippen LogP contribution is -2.64. The topological polar surface area (TPSA) is 218 Å². The Morgan fingerprint density at radius 2 is 1.55 bits per heavy atom. The van der Waals surface area contributed by atoms with Crippen molar-refractivity contribution >= 4 is 11.0 Å². The number of ether oxygens (including phenoxy) is 5. The van der Waals surface area contributed by atoms with Crippen molar-refractivity contribution in [2.75, 3.05) is 13.7 Å². The van der Waals surface area contributed by atoms with Gasteiger partial charge in [-0.15, -0.1) is 0 Å². The van der Waals surface area contributed by atoms with Crippen LogP contribution in [-0.4, -0.2) is 111 Å². The lowest BCUT2D eigenvalue weighted by molar-refractivity contribution is -0.350. The van der Waals surface area contributed by atoms with E-state index in [1.165, 1.54) is 44.4 Å². The molecule has 2 aliphatic rings. The van der Waals surface area contributed by atoms with E-state index < -0.39 is 73.4 Å². The van der Waals surface area contributed by atoms with Gasteiger partial charge in [-0.3, -0.25) is 4.79 Å². The molecule has 2 fully saturated rings. The third-order valence-electron chi connectivity index (χ3n) is 7.33. The van der Waals surface area contributed by atoms with Gasteiger partial charge in [-0.1, -0.05) is 0 Å². The van der Waals surface area contributed by atoms with Gasteiger partial charge in [-0.05, 0) is 31.2 Å². The molecule has 228 valence electrons. The van der Waals surface area contributed by atoms with Crippen LogP contribution < -0.4 is 14.9 Å². The Kier molecular flexibility index (Phi) is 8.71. The van der Waals surface area contributed by atoms with Crippen LogP contribution in [0.5, 0.6) is 17.2 Å².